The number of hydrogen-bond acceptors (Lipinski definition) is 3. The largest absolute Gasteiger partial charge is 0.364 e. The first-order valence-corrected chi connectivity index (χ1v) is 5.94. The zero-order valence-electron chi connectivity index (χ0n) is 9.55. The fourth-order valence-electron chi connectivity index (χ4n) is 1.58. The minimum atomic E-state index is -0.602. The maximum Gasteiger partial charge on any atom is 0.269 e. The Labute approximate surface area is 112 Å². The summed E-state index contributed by atoms with van der Waals surface area (Å²) in [5.74, 6) is -0.683. The first-order chi connectivity index (χ1) is 8.49. The summed E-state index contributed by atoms with van der Waals surface area (Å²) in [6.45, 7) is 1.48. The monoisotopic (exact) mass is 307 g/mol. The molecule has 1 heterocycles. The van der Waals surface area contributed by atoms with E-state index in [2.05, 4.69) is 21.0 Å². The van der Waals surface area contributed by atoms with Crippen molar-refractivity contribution >= 4 is 27.6 Å². The Hall–Kier alpha value is -1.95. The molecule has 0 saturated carbocycles. The highest BCUT2D eigenvalue weighted by Gasteiger charge is 2.12. The van der Waals surface area contributed by atoms with Gasteiger partial charge in [-0.25, -0.2) is 4.68 Å². The van der Waals surface area contributed by atoms with Gasteiger partial charge in [-0.15, -0.1) is 0 Å². The number of rotatable bonds is 3. The number of Topliss-reactive ketones (excluding diaryl/α,β-unsaturated/α-hetero) is 1. The second-order valence-corrected chi connectivity index (χ2v) is 4.64. The average Bonchev–Trinajstić information content (AvgIpc) is 2.78. The maximum atomic E-state index is 11.6. The van der Waals surface area contributed by atoms with Crippen LogP contribution in [0.25, 0.3) is 5.69 Å². The average molecular weight is 308 g/mol. The summed E-state index contributed by atoms with van der Waals surface area (Å²) in [6.07, 6.45) is 1.59. The minimum absolute atomic E-state index is 0.0811. The lowest BCUT2D eigenvalue weighted by molar-refractivity contribution is 0.0993. The van der Waals surface area contributed by atoms with Gasteiger partial charge in [0.25, 0.3) is 5.91 Å². The highest BCUT2D eigenvalue weighted by Crippen LogP contribution is 2.20. The Morgan fingerprint density at radius 2 is 2.06 bits per heavy atom. The van der Waals surface area contributed by atoms with Crippen molar-refractivity contribution in [3.63, 3.8) is 0 Å². The van der Waals surface area contributed by atoms with Crippen LogP contribution in [0.4, 0.5) is 0 Å². The van der Waals surface area contributed by atoms with Crippen LogP contribution in [0.2, 0.25) is 0 Å². The molecule has 2 rings (SSSR count). The number of nitrogens with zero attached hydrogens (tertiary/aromatic N) is 2. The Balaban J connectivity index is 2.55. The van der Waals surface area contributed by atoms with Gasteiger partial charge in [0.15, 0.2) is 5.78 Å². The SMILES string of the molecule is CC(=O)c1cc(Br)ccc1-n1ccc(C(N)=O)n1. The third-order valence-electron chi connectivity index (χ3n) is 2.43. The van der Waals surface area contributed by atoms with E-state index in [0.717, 1.165) is 4.47 Å². The Morgan fingerprint density at radius 1 is 1.33 bits per heavy atom. The summed E-state index contributed by atoms with van der Waals surface area (Å²) < 4.78 is 2.27. The summed E-state index contributed by atoms with van der Waals surface area (Å²) in [4.78, 5) is 22.6. The smallest absolute Gasteiger partial charge is 0.269 e. The molecule has 6 heteroatoms. The highest BCUT2D eigenvalue weighted by molar-refractivity contribution is 9.10. The van der Waals surface area contributed by atoms with Crippen LogP contribution in [0, 0.1) is 0 Å². The van der Waals surface area contributed by atoms with Crippen LogP contribution in [0.5, 0.6) is 0 Å². The molecule has 18 heavy (non-hydrogen) atoms. The standard InChI is InChI=1S/C12H10BrN3O2/c1-7(17)9-6-8(13)2-3-11(9)16-5-4-10(15-16)12(14)18/h2-6H,1H3,(H2,14,18). The van der Waals surface area contributed by atoms with Crippen LogP contribution in [-0.2, 0) is 0 Å². The summed E-state index contributed by atoms with van der Waals surface area (Å²) in [7, 11) is 0. The molecule has 1 aromatic carbocycles. The van der Waals surface area contributed by atoms with Gasteiger partial charge in [0, 0.05) is 16.2 Å². The number of nitrogens with two attached hydrogens (primary N) is 1. The Bertz CT molecular complexity index is 634. The molecule has 0 aliphatic heterocycles. The zero-order chi connectivity index (χ0) is 13.3. The molecule has 1 aromatic heterocycles. The molecule has 0 saturated heterocycles. The lowest BCUT2D eigenvalue weighted by atomic mass is 10.1. The van der Waals surface area contributed by atoms with Gasteiger partial charge in [0.1, 0.15) is 5.69 Å². The van der Waals surface area contributed by atoms with Gasteiger partial charge in [-0.1, -0.05) is 15.9 Å². The second-order valence-electron chi connectivity index (χ2n) is 3.73. The molecule has 0 bridgehead atoms. The number of ketones is 1. The lowest BCUT2D eigenvalue weighted by Crippen LogP contribution is -2.12. The minimum Gasteiger partial charge on any atom is -0.364 e. The van der Waals surface area contributed by atoms with Crippen molar-refractivity contribution in [1.29, 1.82) is 0 Å². The normalized spacial score (nSPS) is 10.3. The van der Waals surface area contributed by atoms with E-state index in [4.69, 9.17) is 5.73 Å². The molecule has 0 aliphatic carbocycles. The highest BCUT2D eigenvalue weighted by atomic mass is 79.9. The maximum absolute atomic E-state index is 11.6. The van der Waals surface area contributed by atoms with E-state index in [1.807, 2.05) is 0 Å². The van der Waals surface area contributed by atoms with Crippen molar-refractivity contribution in [2.75, 3.05) is 0 Å². The van der Waals surface area contributed by atoms with Gasteiger partial charge in [-0.3, -0.25) is 9.59 Å². The van der Waals surface area contributed by atoms with Gasteiger partial charge in [0.2, 0.25) is 0 Å². The number of primary amides is 1. The molecule has 0 spiro atoms. The van der Waals surface area contributed by atoms with Crippen molar-refractivity contribution in [2.45, 2.75) is 6.92 Å². The van der Waals surface area contributed by atoms with E-state index in [1.54, 1.807) is 24.4 Å². The van der Waals surface area contributed by atoms with Gasteiger partial charge < -0.3 is 5.73 Å². The first kappa shape index (κ1) is 12.5. The second kappa shape index (κ2) is 4.73. The van der Waals surface area contributed by atoms with Crippen molar-refractivity contribution in [3.8, 4) is 5.69 Å². The molecule has 5 nitrogen and oxygen atoms in total. The number of hydrogen-bond donors (Lipinski definition) is 1. The number of carbonyl (C=O) groups excluding carboxylic acids is 2. The van der Waals surface area contributed by atoms with Gasteiger partial charge >= 0.3 is 0 Å². The number of carbonyl (C=O) groups is 2. The molecule has 0 radical (unpaired) electrons. The molecule has 1 amide bonds. The number of halogens is 1. The fraction of sp³-hybridized carbons (Fsp3) is 0.0833. The quantitative estimate of drug-likeness (QED) is 0.880. The van der Waals surface area contributed by atoms with Crippen molar-refractivity contribution in [2.24, 2.45) is 5.73 Å². The van der Waals surface area contributed by atoms with Crippen molar-refractivity contribution in [1.82, 2.24) is 9.78 Å². The summed E-state index contributed by atoms with van der Waals surface area (Å²) >= 11 is 3.31. The van der Waals surface area contributed by atoms with Crippen molar-refractivity contribution < 1.29 is 9.59 Å². The molecule has 0 atom stereocenters. The van der Waals surface area contributed by atoms with E-state index in [0.29, 0.717) is 11.3 Å². The molecule has 2 aromatic rings. The Morgan fingerprint density at radius 3 is 2.61 bits per heavy atom. The summed E-state index contributed by atoms with van der Waals surface area (Å²) in [5, 5.41) is 4.03. The predicted molar refractivity (Wildman–Crippen MR) is 69.8 cm³/mol. The number of amides is 1. The first-order valence-electron chi connectivity index (χ1n) is 5.15. The molecular weight excluding hydrogens is 298 g/mol. The molecular formula is C12H10BrN3O2. The van der Waals surface area contributed by atoms with E-state index in [1.165, 1.54) is 17.7 Å². The van der Waals surface area contributed by atoms with E-state index < -0.39 is 5.91 Å². The van der Waals surface area contributed by atoms with Crippen LogP contribution < -0.4 is 5.73 Å². The van der Waals surface area contributed by atoms with Gasteiger partial charge in [0.05, 0.1) is 5.69 Å². The van der Waals surface area contributed by atoms with Gasteiger partial charge in [-0.05, 0) is 31.2 Å². The summed E-state index contributed by atoms with van der Waals surface area (Å²) in [6, 6.07) is 6.77. The molecule has 0 fully saturated rings. The zero-order valence-corrected chi connectivity index (χ0v) is 11.1. The molecule has 0 aliphatic rings. The molecule has 2 N–H and O–H groups in total. The lowest BCUT2D eigenvalue weighted by Gasteiger charge is -2.07. The number of aromatic nitrogens is 2. The predicted octanol–water partition coefficient (Wildman–Crippen LogP) is 1.94. The van der Waals surface area contributed by atoms with Crippen LogP contribution >= 0.6 is 15.9 Å². The van der Waals surface area contributed by atoms with E-state index >= 15 is 0 Å². The third-order valence-corrected chi connectivity index (χ3v) is 2.92. The van der Waals surface area contributed by atoms with Gasteiger partial charge in [-0.2, -0.15) is 5.10 Å². The van der Waals surface area contributed by atoms with E-state index in [9.17, 15) is 9.59 Å². The third kappa shape index (κ3) is 2.33. The summed E-state index contributed by atoms with van der Waals surface area (Å²) in [5.41, 5.74) is 6.42. The van der Waals surface area contributed by atoms with Crippen LogP contribution in [-0.4, -0.2) is 21.5 Å². The van der Waals surface area contributed by atoms with E-state index in [-0.39, 0.29) is 11.5 Å². The Kier molecular flexibility index (Phi) is 3.29. The van der Waals surface area contributed by atoms with Crippen LogP contribution in [0.3, 0.4) is 0 Å². The number of benzene rings is 1. The van der Waals surface area contributed by atoms with Crippen LogP contribution in [0.1, 0.15) is 27.8 Å². The van der Waals surface area contributed by atoms with Crippen molar-refractivity contribution in [3.05, 3.63) is 46.2 Å². The van der Waals surface area contributed by atoms with Crippen LogP contribution in [0.15, 0.2) is 34.9 Å². The molecule has 92 valence electrons. The molecule has 0 unspecified atom stereocenters. The topological polar surface area (TPSA) is 78.0 Å². The fourth-order valence-corrected chi connectivity index (χ4v) is 1.94.